The highest BCUT2D eigenvalue weighted by atomic mass is 16.3. The minimum absolute atomic E-state index is 0.274. The van der Waals surface area contributed by atoms with Gasteiger partial charge in [-0.2, -0.15) is 0 Å². The highest BCUT2D eigenvalue weighted by Gasteiger charge is 2.12. The Labute approximate surface area is 84.7 Å². The van der Waals surface area contributed by atoms with E-state index in [2.05, 4.69) is 0 Å². The molecule has 78 valence electrons. The second kappa shape index (κ2) is 4.33. The van der Waals surface area contributed by atoms with E-state index in [1.807, 2.05) is 13.8 Å². The van der Waals surface area contributed by atoms with Gasteiger partial charge in [0.15, 0.2) is 0 Å². The molecule has 0 aliphatic heterocycles. The topological polar surface area (TPSA) is 72.3 Å². The molecular formula is C11H18N2O. The fourth-order valence-electron chi connectivity index (χ4n) is 1.76. The number of nitrogen functional groups attached to an aromatic ring is 1. The van der Waals surface area contributed by atoms with Gasteiger partial charge in [-0.1, -0.05) is 13.8 Å². The Bertz CT molecular complexity index is 335. The maximum absolute atomic E-state index is 9.72. The van der Waals surface area contributed by atoms with Gasteiger partial charge in [-0.15, -0.1) is 0 Å². The molecule has 1 aromatic carbocycles. The standard InChI is InChI=1S/C11H18N2O/c1-3-7-5-10(14)9(6-12)8(4-2)11(7)13/h5,14H,3-4,6,12-13H2,1-2H3. The second-order valence-electron chi connectivity index (χ2n) is 3.34. The van der Waals surface area contributed by atoms with Crippen LogP contribution in [0, 0.1) is 0 Å². The number of anilines is 1. The number of aromatic hydroxyl groups is 1. The Balaban J connectivity index is 3.40. The molecule has 0 radical (unpaired) electrons. The van der Waals surface area contributed by atoms with Crippen LogP contribution in [-0.2, 0) is 19.4 Å². The summed E-state index contributed by atoms with van der Waals surface area (Å²) in [5, 5.41) is 9.72. The first-order valence-corrected chi connectivity index (χ1v) is 4.97. The van der Waals surface area contributed by atoms with Crippen molar-refractivity contribution in [3.05, 3.63) is 22.8 Å². The van der Waals surface area contributed by atoms with E-state index in [4.69, 9.17) is 11.5 Å². The number of nitrogens with two attached hydrogens (primary N) is 2. The third-order valence-corrected chi connectivity index (χ3v) is 2.59. The number of hydrogen-bond acceptors (Lipinski definition) is 3. The minimum Gasteiger partial charge on any atom is -0.508 e. The molecule has 14 heavy (non-hydrogen) atoms. The number of phenolic OH excluding ortho intramolecular Hbond substituents is 1. The van der Waals surface area contributed by atoms with Crippen LogP contribution in [-0.4, -0.2) is 5.11 Å². The van der Waals surface area contributed by atoms with Crippen molar-refractivity contribution in [2.24, 2.45) is 5.73 Å². The van der Waals surface area contributed by atoms with Gasteiger partial charge in [0.25, 0.3) is 0 Å². The lowest BCUT2D eigenvalue weighted by Crippen LogP contribution is -2.07. The molecule has 0 aliphatic carbocycles. The molecule has 0 heterocycles. The molecule has 1 rings (SSSR count). The SMILES string of the molecule is CCc1cc(O)c(CN)c(CC)c1N. The molecule has 0 fully saturated rings. The number of benzene rings is 1. The zero-order valence-electron chi connectivity index (χ0n) is 8.80. The van der Waals surface area contributed by atoms with Gasteiger partial charge >= 0.3 is 0 Å². The van der Waals surface area contributed by atoms with Gasteiger partial charge in [-0.3, -0.25) is 0 Å². The fraction of sp³-hybridized carbons (Fsp3) is 0.455. The van der Waals surface area contributed by atoms with Gasteiger partial charge in [0, 0.05) is 17.8 Å². The molecule has 0 unspecified atom stereocenters. The molecule has 0 amide bonds. The van der Waals surface area contributed by atoms with E-state index in [0.717, 1.165) is 35.2 Å². The zero-order valence-corrected chi connectivity index (χ0v) is 8.80. The summed E-state index contributed by atoms with van der Waals surface area (Å²) < 4.78 is 0. The number of phenols is 1. The molecule has 0 bridgehead atoms. The Hall–Kier alpha value is -1.22. The van der Waals surface area contributed by atoms with Crippen molar-refractivity contribution in [1.82, 2.24) is 0 Å². The summed E-state index contributed by atoms with van der Waals surface area (Å²) in [7, 11) is 0. The Kier molecular flexibility index (Phi) is 3.36. The molecule has 0 aliphatic rings. The van der Waals surface area contributed by atoms with E-state index in [-0.39, 0.29) is 5.75 Å². The van der Waals surface area contributed by atoms with Gasteiger partial charge in [-0.05, 0) is 30.0 Å². The number of rotatable bonds is 3. The van der Waals surface area contributed by atoms with Crippen LogP contribution in [0.25, 0.3) is 0 Å². The average molecular weight is 194 g/mol. The molecule has 3 heteroatoms. The summed E-state index contributed by atoms with van der Waals surface area (Å²) >= 11 is 0. The minimum atomic E-state index is 0.274. The first-order valence-electron chi connectivity index (χ1n) is 4.97. The van der Waals surface area contributed by atoms with E-state index in [0.29, 0.717) is 6.54 Å². The Morgan fingerprint density at radius 3 is 2.29 bits per heavy atom. The summed E-state index contributed by atoms with van der Waals surface area (Å²) in [6, 6.07) is 1.72. The summed E-state index contributed by atoms with van der Waals surface area (Å²) in [5.74, 6) is 0.274. The van der Waals surface area contributed by atoms with Gasteiger partial charge in [0.2, 0.25) is 0 Å². The van der Waals surface area contributed by atoms with Crippen molar-refractivity contribution in [1.29, 1.82) is 0 Å². The van der Waals surface area contributed by atoms with Crippen LogP contribution < -0.4 is 11.5 Å². The molecule has 0 spiro atoms. The van der Waals surface area contributed by atoms with Crippen LogP contribution in [0.1, 0.15) is 30.5 Å². The summed E-state index contributed by atoms with van der Waals surface area (Å²) in [6.07, 6.45) is 1.64. The summed E-state index contributed by atoms with van der Waals surface area (Å²) in [5.41, 5.74) is 15.1. The van der Waals surface area contributed by atoms with E-state index < -0.39 is 0 Å². The van der Waals surface area contributed by atoms with Gasteiger partial charge in [0.1, 0.15) is 5.75 Å². The van der Waals surface area contributed by atoms with E-state index in [1.54, 1.807) is 6.07 Å². The van der Waals surface area contributed by atoms with Gasteiger partial charge in [-0.25, -0.2) is 0 Å². The van der Waals surface area contributed by atoms with Crippen LogP contribution in [0.3, 0.4) is 0 Å². The maximum atomic E-state index is 9.72. The van der Waals surface area contributed by atoms with Crippen molar-refractivity contribution in [2.45, 2.75) is 33.2 Å². The second-order valence-corrected chi connectivity index (χ2v) is 3.34. The quantitative estimate of drug-likeness (QED) is 0.505. The van der Waals surface area contributed by atoms with Crippen LogP contribution in [0.15, 0.2) is 6.07 Å². The largest absolute Gasteiger partial charge is 0.508 e. The zero-order chi connectivity index (χ0) is 10.7. The Morgan fingerprint density at radius 2 is 1.86 bits per heavy atom. The first-order chi connectivity index (χ1) is 6.65. The lowest BCUT2D eigenvalue weighted by molar-refractivity contribution is 0.466. The normalized spacial score (nSPS) is 10.5. The van der Waals surface area contributed by atoms with Crippen molar-refractivity contribution < 1.29 is 5.11 Å². The average Bonchev–Trinajstić information content (AvgIpc) is 2.20. The smallest absolute Gasteiger partial charge is 0.120 e. The summed E-state index contributed by atoms with van der Waals surface area (Å²) in [4.78, 5) is 0. The van der Waals surface area contributed by atoms with Crippen LogP contribution >= 0.6 is 0 Å². The fourth-order valence-corrected chi connectivity index (χ4v) is 1.76. The highest BCUT2D eigenvalue weighted by molar-refractivity contribution is 5.61. The summed E-state index contributed by atoms with van der Waals surface area (Å²) in [6.45, 7) is 4.37. The third kappa shape index (κ3) is 1.68. The van der Waals surface area contributed by atoms with Crippen LogP contribution in [0.2, 0.25) is 0 Å². The molecular weight excluding hydrogens is 176 g/mol. The van der Waals surface area contributed by atoms with E-state index in [1.165, 1.54) is 0 Å². The maximum Gasteiger partial charge on any atom is 0.120 e. The molecule has 0 atom stereocenters. The first kappa shape index (κ1) is 10.9. The van der Waals surface area contributed by atoms with E-state index >= 15 is 0 Å². The van der Waals surface area contributed by atoms with Crippen molar-refractivity contribution in [3.8, 4) is 5.75 Å². The highest BCUT2D eigenvalue weighted by Crippen LogP contribution is 2.30. The van der Waals surface area contributed by atoms with Crippen molar-refractivity contribution >= 4 is 5.69 Å². The molecule has 0 aromatic heterocycles. The third-order valence-electron chi connectivity index (χ3n) is 2.59. The monoisotopic (exact) mass is 194 g/mol. The number of hydrogen-bond donors (Lipinski definition) is 3. The number of aryl methyl sites for hydroxylation is 1. The van der Waals surface area contributed by atoms with Gasteiger partial charge in [0.05, 0.1) is 0 Å². The molecule has 5 N–H and O–H groups in total. The lowest BCUT2D eigenvalue weighted by Gasteiger charge is -2.14. The van der Waals surface area contributed by atoms with Crippen molar-refractivity contribution in [3.63, 3.8) is 0 Å². The van der Waals surface area contributed by atoms with E-state index in [9.17, 15) is 5.11 Å². The molecule has 3 nitrogen and oxygen atoms in total. The van der Waals surface area contributed by atoms with Crippen LogP contribution in [0.5, 0.6) is 5.75 Å². The molecule has 0 saturated heterocycles. The Morgan fingerprint density at radius 1 is 1.21 bits per heavy atom. The molecule has 0 saturated carbocycles. The van der Waals surface area contributed by atoms with Crippen LogP contribution in [0.4, 0.5) is 5.69 Å². The van der Waals surface area contributed by atoms with Gasteiger partial charge < -0.3 is 16.6 Å². The molecule has 1 aromatic rings. The predicted octanol–water partition coefficient (Wildman–Crippen LogP) is 1.56. The van der Waals surface area contributed by atoms with Crippen molar-refractivity contribution in [2.75, 3.05) is 5.73 Å². The predicted molar refractivity (Wildman–Crippen MR) is 59.2 cm³/mol. The lowest BCUT2D eigenvalue weighted by atomic mass is 9.96.